The highest BCUT2D eigenvalue weighted by molar-refractivity contribution is 6.04. The van der Waals surface area contributed by atoms with Crippen molar-refractivity contribution in [2.24, 2.45) is 0 Å². The Hall–Kier alpha value is -4.20. The van der Waals surface area contributed by atoms with Crippen LogP contribution < -0.4 is 10.9 Å². The maximum absolute atomic E-state index is 12.4. The van der Waals surface area contributed by atoms with Crippen LogP contribution in [0.25, 0.3) is 5.65 Å². The van der Waals surface area contributed by atoms with E-state index in [9.17, 15) is 14.4 Å². The van der Waals surface area contributed by atoms with Crippen molar-refractivity contribution >= 4 is 23.2 Å². The molecule has 0 saturated heterocycles. The summed E-state index contributed by atoms with van der Waals surface area (Å²) in [5.41, 5.74) is 1.49. The van der Waals surface area contributed by atoms with Crippen LogP contribution in [0.5, 0.6) is 0 Å². The van der Waals surface area contributed by atoms with Crippen molar-refractivity contribution in [2.45, 2.75) is 13.5 Å². The van der Waals surface area contributed by atoms with Crippen molar-refractivity contribution in [2.75, 3.05) is 5.32 Å². The lowest BCUT2D eigenvalue weighted by atomic mass is 10.1. The van der Waals surface area contributed by atoms with Gasteiger partial charge in [0.1, 0.15) is 12.4 Å². The third-order valence-electron chi connectivity index (χ3n) is 4.27. The van der Waals surface area contributed by atoms with E-state index in [1.165, 1.54) is 12.1 Å². The summed E-state index contributed by atoms with van der Waals surface area (Å²) in [4.78, 5) is 41.0. The van der Waals surface area contributed by atoms with Gasteiger partial charge < -0.3 is 14.6 Å². The first-order chi connectivity index (χ1) is 14.5. The number of nitrogens with zero attached hydrogens (tertiary/aromatic N) is 2. The van der Waals surface area contributed by atoms with E-state index in [4.69, 9.17) is 9.26 Å². The molecule has 2 aromatic heterocycles. The second kappa shape index (κ2) is 8.04. The van der Waals surface area contributed by atoms with Gasteiger partial charge in [-0.2, -0.15) is 0 Å². The zero-order chi connectivity index (χ0) is 21.1. The number of aromatic nitrogens is 2. The number of anilines is 1. The van der Waals surface area contributed by atoms with E-state index in [-0.39, 0.29) is 18.1 Å². The molecule has 30 heavy (non-hydrogen) atoms. The molecule has 0 spiro atoms. The van der Waals surface area contributed by atoms with Gasteiger partial charge >= 0.3 is 5.97 Å². The number of fused-ring (bicyclic) bond motifs is 1. The van der Waals surface area contributed by atoms with E-state index in [1.807, 2.05) is 6.07 Å². The normalized spacial score (nSPS) is 10.7. The van der Waals surface area contributed by atoms with Gasteiger partial charge in [-0.25, -0.2) is 9.78 Å². The summed E-state index contributed by atoms with van der Waals surface area (Å²) in [6.45, 7) is 1.53. The molecule has 1 N–H and O–H groups in total. The number of aryl methyl sites for hydroxylation is 1. The van der Waals surface area contributed by atoms with Crippen molar-refractivity contribution in [3.63, 3.8) is 0 Å². The molecule has 0 atom stereocenters. The van der Waals surface area contributed by atoms with Crippen LogP contribution in [-0.2, 0) is 11.3 Å². The van der Waals surface area contributed by atoms with Gasteiger partial charge in [-0.05, 0) is 37.3 Å². The number of carbonyl (C=O) groups excluding carboxylic acids is 2. The van der Waals surface area contributed by atoms with Crippen LogP contribution in [0.4, 0.5) is 5.69 Å². The van der Waals surface area contributed by atoms with Crippen LogP contribution in [0.1, 0.15) is 32.2 Å². The van der Waals surface area contributed by atoms with Crippen molar-refractivity contribution in [3.8, 4) is 0 Å². The van der Waals surface area contributed by atoms with E-state index in [2.05, 4.69) is 10.3 Å². The maximum atomic E-state index is 12.4. The summed E-state index contributed by atoms with van der Waals surface area (Å²) in [5.74, 6) is -0.339. The Morgan fingerprint density at radius 3 is 2.60 bits per heavy atom. The van der Waals surface area contributed by atoms with E-state index in [0.29, 0.717) is 28.4 Å². The highest BCUT2D eigenvalue weighted by Crippen LogP contribution is 2.14. The molecule has 0 radical (unpaired) electrons. The lowest BCUT2D eigenvalue weighted by molar-refractivity contribution is 0.0467. The van der Waals surface area contributed by atoms with Gasteiger partial charge in [0.25, 0.3) is 11.5 Å². The fourth-order valence-electron chi connectivity index (χ4n) is 2.89. The molecule has 150 valence electrons. The third-order valence-corrected chi connectivity index (χ3v) is 4.27. The first-order valence-corrected chi connectivity index (χ1v) is 9.13. The molecule has 0 unspecified atom stereocenters. The van der Waals surface area contributed by atoms with Gasteiger partial charge in [0, 0.05) is 23.4 Å². The molecule has 4 aromatic rings. The molecule has 2 aromatic carbocycles. The predicted octanol–water partition coefficient (Wildman–Crippen LogP) is 3.21. The Bertz CT molecular complexity index is 1290. The molecule has 4 rings (SSSR count). The monoisotopic (exact) mass is 403 g/mol. The van der Waals surface area contributed by atoms with E-state index in [0.717, 1.165) is 4.57 Å². The highest BCUT2D eigenvalue weighted by atomic mass is 16.5. The number of amides is 1. The summed E-state index contributed by atoms with van der Waals surface area (Å²) in [7, 11) is 0. The second-order valence-electron chi connectivity index (χ2n) is 6.56. The van der Waals surface area contributed by atoms with Crippen molar-refractivity contribution < 1.29 is 18.8 Å². The SMILES string of the molecule is Cc1cc2nc(COC(=O)c3cccc(NC(=O)c4ccccc4)c3)cc(=O)n2o1. The number of hydrogen-bond acceptors (Lipinski definition) is 6. The number of carbonyl (C=O) groups is 2. The topological polar surface area (TPSA) is 103 Å². The molecule has 1 amide bonds. The Morgan fingerprint density at radius 2 is 1.80 bits per heavy atom. The molecule has 0 bridgehead atoms. The first-order valence-electron chi connectivity index (χ1n) is 9.13. The average molecular weight is 403 g/mol. The first kappa shape index (κ1) is 19.1. The number of nitrogens with one attached hydrogen (secondary N) is 1. The summed E-state index contributed by atoms with van der Waals surface area (Å²) in [6, 6.07) is 18.0. The summed E-state index contributed by atoms with van der Waals surface area (Å²) in [6.07, 6.45) is 0. The van der Waals surface area contributed by atoms with Crippen LogP contribution in [-0.4, -0.2) is 21.4 Å². The number of hydrogen-bond donors (Lipinski definition) is 1. The van der Waals surface area contributed by atoms with Gasteiger partial charge in [0.15, 0.2) is 5.65 Å². The smallest absolute Gasteiger partial charge is 0.338 e. The summed E-state index contributed by atoms with van der Waals surface area (Å²) >= 11 is 0. The van der Waals surface area contributed by atoms with Crippen molar-refractivity contribution in [3.05, 3.63) is 99.7 Å². The molecule has 0 fully saturated rings. The molecule has 8 nitrogen and oxygen atoms in total. The minimum atomic E-state index is -0.601. The van der Waals surface area contributed by atoms with Crippen LogP contribution in [0.3, 0.4) is 0 Å². The molecule has 0 saturated carbocycles. The Morgan fingerprint density at radius 1 is 1.03 bits per heavy atom. The second-order valence-corrected chi connectivity index (χ2v) is 6.56. The van der Waals surface area contributed by atoms with E-state index < -0.39 is 11.5 Å². The fraction of sp³-hybridized carbons (Fsp3) is 0.0909. The van der Waals surface area contributed by atoms with E-state index in [1.54, 1.807) is 55.5 Å². The van der Waals surface area contributed by atoms with Gasteiger partial charge in [-0.3, -0.25) is 9.59 Å². The average Bonchev–Trinajstić information content (AvgIpc) is 3.13. The fourth-order valence-corrected chi connectivity index (χ4v) is 2.89. The highest BCUT2D eigenvalue weighted by Gasteiger charge is 2.12. The Kier molecular flexibility index (Phi) is 5.13. The molecular weight excluding hydrogens is 386 g/mol. The zero-order valence-corrected chi connectivity index (χ0v) is 16.0. The molecular formula is C22H17N3O5. The minimum absolute atomic E-state index is 0.171. The lowest BCUT2D eigenvalue weighted by Crippen LogP contribution is -2.15. The minimum Gasteiger partial charge on any atom is -0.456 e. The largest absolute Gasteiger partial charge is 0.456 e. The standard InChI is InChI=1S/C22H17N3O5/c1-14-10-19-23-18(12-20(26)25(19)30-14)13-29-22(28)16-8-5-9-17(11-16)24-21(27)15-6-3-2-4-7-15/h2-12H,13H2,1H3,(H,24,27). The van der Waals surface area contributed by atoms with Gasteiger partial charge in [0.05, 0.1) is 11.3 Å². The Labute approximate surface area is 170 Å². The molecule has 0 aliphatic carbocycles. The zero-order valence-electron chi connectivity index (χ0n) is 16.0. The van der Waals surface area contributed by atoms with Crippen LogP contribution >= 0.6 is 0 Å². The maximum Gasteiger partial charge on any atom is 0.338 e. The molecule has 8 heteroatoms. The third kappa shape index (κ3) is 4.12. The predicted molar refractivity (Wildman–Crippen MR) is 108 cm³/mol. The number of ether oxygens (including phenoxy) is 1. The van der Waals surface area contributed by atoms with Gasteiger partial charge in [-0.1, -0.05) is 24.3 Å². The Balaban J connectivity index is 1.44. The van der Waals surface area contributed by atoms with Gasteiger partial charge in [0.2, 0.25) is 0 Å². The number of esters is 1. The van der Waals surface area contributed by atoms with Crippen molar-refractivity contribution in [1.82, 2.24) is 9.56 Å². The lowest BCUT2D eigenvalue weighted by Gasteiger charge is -2.08. The van der Waals surface area contributed by atoms with Crippen molar-refractivity contribution in [1.29, 1.82) is 0 Å². The molecule has 0 aliphatic rings. The van der Waals surface area contributed by atoms with Gasteiger partial charge in [-0.15, -0.1) is 4.57 Å². The van der Waals surface area contributed by atoms with Crippen LogP contribution in [0.15, 0.2) is 76.0 Å². The quantitative estimate of drug-likeness (QED) is 0.513. The molecule has 2 heterocycles. The number of rotatable bonds is 5. The summed E-state index contributed by atoms with van der Waals surface area (Å²) in [5, 5.41) is 2.74. The number of benzene rings is 2. The molecule has 0 aliphatic heterocycles. The van der Waals surface area contributed by atoms with E-state index >= 15 is 0 Å². The van der Waals surface area contributed by atoms with Crippen LogP contribution in [0.2, 0.25) is 0 Å². The van der Waals surface area contributed by atoms with Crippen LogP contribution in [0, 0.1) is 6.92 Å². The summed E-state index contributed by atoms with van der Waals surface area (Å²) < 4.78 is 11.6.